The average molecular weight is 206 g/mol. The van der Waals surface area contributed by atoms with Gasteiger partial charge in [0.1, 0.15) is 0 Å². The van der Waals surface area contributed by atoms with Gasteiger partial charge in [-0.3, -0.25) is 4.79 Å². The largest absolute Gasteiger partial charge is 0.320 e. The number of likely N-dealkylation sites (N-methyl/N-ethyl adjacent to an activating group) is 1. The topological polar surface area (TPSA) is 46.3 Å². The van der Waals surface area contributed by atoms with Crippen molar-refractivity contribution < 1.29 is 4.79 Å². The van der Waals surface area contributed by atoms with Crippen LogP contribution in [-0.4, -0.2) is 19.0 Å². The molecule has 0 bridgehead atoms. The van der Waals surface area contributed by atoms with Crippen LogP contribution < -0.4 is 10.6 Å². The van der Waals surface area contributed by atoms with Gasteiger partial charge in [-0.2, -0.15) is 0 Å². The monoisotopic (exact) mass is 206 g/mol. The van der Waals surface area contributed by atoms with Gasteiger partial charge >= 0.3 is 0 Å². The summed E-state index contributed by atoms with van der Waals surface area (Å²) in [4.78, 5) is 13.2. The molecule has 0 aliphatic rings. The first-order valence-electron chi connectivity index (χ1n) is 5.18. The average Bonchev–Trinajstić information content (AvgIpc) is 2.27. The highest BCUT2D eigenvalue weighted by Gasteiger charge is 2.14. The van der Waals surface area contributed by atoms with E-state index in [2.05, 4.69) is 6.92 Å². The SMILES string of the molecule is CCc1ccc(N(C)C(=O)[C@H](C)N)cc1. The third-order valence-electron chi connectivity index (χ3n) is 2.45. The van der Waals surface area contributed by atoms with Crippen molar-refractivity contribution in [1.29, 1.82) is 0 Å². The van der Waals surface area contributed by atoms with Crippen molar-refractivity contribution in [3.8, 4) is 0 Å². The van der Waals surface area contributed by atoms with Crippen molar-refractivity contribution in [2.75, 3.05) is 11.9 Å². The van der Waals surface area contributed by atoms with Crippen LogP contribution >= 0.6 is 0 Å². The fourth-order valence-corrected chi connectivity index (χ4v) is 1.39. The number of aryl methyl sites for hydroxylation is 1. The van der Waals surface area contributed by atoms with Crippen LogP contribution in [0.4, 0.5) is 5.69 Å². The number of amides is 1. The van der Waals surface area contributed by atoms with E-state index in [9.17, 15) is 4.79 Å². The van der Waals surface area contributed by atoms with Crippen LogP contribution in [0.25, 0.3) is 0 Å². The number of carbonyl (C=O) groups excluding carboxylic acids is 1. The Balaban J connectivity index is 2.82. The van der Waals surface area contributed by atoms with Crippen molar-refractivity contribution in [2.45, 2.75) is 26.3 Å². The first kappa shape index (κ1) is 11.7. The molecule has 0 heterocycles. The molecule has 0 fully saturated rings. The quantitative estimate of drug-likeness (QED) is 0.815. The van der Waals surface area contributed by atoms with E-state index in [1.807, 2.05) is 24.3 Å². The van der Waals surface area contributed by atoms with Crippen molar-refractivity contribution in [2.24, 2.45) is 5.73 Å². The molecule has 82 valence electrons. The van der Waals surface area contributed by atoms with Gasteiger partial charge in [0.05, 0.1) is 6.04 Å². The number of nitrogens with two attached hydrogens (primary N) is 1. The number of carbonyl (C=O) groups is 1. The Morgan fingerprint density at radius 3 is 2.33 bits per heavy atom. The predicted octanol–water partition coefficient (Wildman–Crippen LogP) is 1.56. The molecule has 1 aromatic rings. The molecule has 0 aliphatic carbocycles. The Bertz CT molecular complexity index is 330. The van der Waals surface area contributed by atoms with Gasteiger partial charge in [0, 0.05) is 12.7 Å². The highest BCUT2D eigenvalue weighted by molar-refractivity contribution is 5.96. The second-order valence-electron chi connectivity index (χ2n) is 3.71. The first-order valence-corrected chi connectivity index (χ1v) is 5.18. The van der Waals surface area contributed by atoms with Gasteiger partial charge in [-0.1, -0.05) is 19.1 Å². The molecule has 3 heteroatoms. The van der Waals surface area contributed by atoms with Crippen molar-refractivity contribution in [3.05, 3.63) is 29.8 Å². The summed E-state index contributed by atoms with van der Waals surface area (Å²) >= 11 is 0. The van der Waals surface area contributed by atoms with E-state index in [1.54, 1.807) is 18.9 Å². The lowest BCUT2D eigenvalue weighted by atomic mass is 10.1. The molecule has 1 aromatic carbocycles. The van der Waals surface area contributed by atoms with Gasteiger partial charge < -0.3 is 10.6 Å². The number of benzene rings is 1. The maximum absolute atomic E-state index is 11.6. The summed E-state index contributed by atoms with van der Waals surface area (Å²) in [5, 5.41) is 0. The molecule has 1 atom stereocenters. The fourth-order valence-electron chi connectivity index (χ4n) is 1.39. The summed E-state index contributed by atoms with van der Waals surface area (Å²) in [5.74, 6) is -0.0701. The van der Waals surface area contributed by atoms with E-state index < -0.39 is 6.04 Å². The van der Waals surface area contributed by atoms with Crippen LogP contribution in [0.5, 0.6) is 0 Å². The van der Waals surface area contributed by atoms with E-state index in [-0.39, 0.29) is 5.91 Å². The maximum Gasteiger partial charge on any atom is 0.243 e. The molecule has 0 saturated heterocycles. The lowest BCUT2D eigenvalue weighted by molar-refractivity contribution is -0.119. The van der Waals surface area contributed by atoms with Crippen LogP contribution in [0.15, 0.2) is 24.3 Å². The molecule has 0 unspecified atom stereocenters. The van der Waals surface area contributed by atoms with Gasteiger partial charge in [-0.15, -0.1) is 0 Å². The van der Waals surface area contributed by atoms with Gasteiger partial charge in [0.25, 0.3) is 0 Å². The standard InChI is InChI=1S/C12H18N2O/c1-4-10-5-7-11(8-6-10)14(3)12(15)9(2)13/h5-9H,4,13H2,1-3H3/t9-/m0/s1. The number of rotatable bonds is 3. The molecule has 0 aromatic heterocycles. The molecule has 15 heavy (non-hydrogen) atoms. The minimum Gasteiger partial charge on any atom is -0.320 e. The Morgan fingerprint density at radius 2 is 1.93 bits per heavy atom. The van der Waals surface area contributed by atoms with Crippen LogP contribution in [0, 0.1) is 0 Å². The Labute approximate surface area is 90.9 Å². The number of anilines is 1. The predicted molar refractivity (Wildman–Crippen MR) is 62.9 cm³/mol. The highest BCUT2D eigenvalue weighted by atomic mass is 16.2. The summed E-state index contributed by atoms with van der Waals surface area (Å²) in [6.07, 6.45) is 1.01. The molecule has 2 N–H and O–H groups in total. The summed E-state index contributed by atoms with van der Waals surface area (Å²) in [6.45, 7) is 3.80. The molecular weight excluding hydrogens is 188 g/mol. The summed E-state index contributed by atoms with van der Waals surface area (Å²) in [7, 11) is 1.74. The van der Waals surface area contributed by atoms with Crippen molar-refractivity contribution >= 4 is 11.6 Å². The van der Waals surface area contributed by atoms with E-state index in [4.69, 9.17) is 5.73 Å². The second-order valence-corrected chi connectivity index (χ2v) is 3.71. The van der Waals surface area contributed by atoms with Crippen LogP contribution in [0.3, 0.4) is 0 Å². The van der Waals surface area contributed by atoms with Gasteiger partial charge in [-0.05, 0) is 31.0 Å². The lowest BCUT2D eigenvalue weighted by Crippen LogP contribution is -2.39. The van der Waals surface area contributed by atoms with E-state index >= 15 is 0 Å². The zero-order valence-electron chi connectivity index (χ0n) is 9.53. The fraction of sp³-hybridized carbons (Fsp3) is 0.417. The minimum atomic E-state index is -0.458. The first-order chi connectivity index (χ1) is 7.06. The Morgan fingerprint density at radius 1 is 1.40 bits per heavy atom. The zero-order chi connectivity index (χ0) is 11.4. The molecule has 0 saturated carbocycles. The number of nitrogens with zero attached hydrogens (tertiary/aromatic N) is 1. The molecule has 1 amide bonds. The number of hydrogen-bond acceptors (Lipinski definition) is 2. The highest BCUT2D eigenvalue weighted by Crippen LogP contribution is 2.14. The summed E-state index contributed by atoms with van der Waals surface area (Å²) in [6, 6.07) is 7.49. The van der Waals surface area contributed by atoms with E-state index in [0.717, 1.165) is 12.1 Å². The molecule has 0 aliphatic heterocycles. The van der Waals surface area contributed by atoms with Gasteiger partial charge in [-0.25, -0.2) is 0 Å². The second kappa shape index (κ2) is 4.94. The minimum absolute atomic E-state index is 0.0701. The molecule has 1 rings (SSSR count). The van der Waals surface area contributed by atoms with E-state index in [0.29, 0.717) is 0 Å². The lowest BCUT2D eigenvalue weighted by Gasteiger charge is -2.19. The maximum atomic E-state index is 11.6. The third kappa shape index (κ3) is 2.80. The normalized spacial score (nSPS) is 12.3. The summed E-state index contributed by atoms with van der Waals surface area (Å²) < 4.78 is 0. The number of hydrogen-bond donors (Lipinski definition) is 1. The Hall–Kier alpha value is -1.35. The molecule has 0 radical (unpaired) electrons. The van der Waals surface area contributed by atoms with Crippen LogP contribution in [0.1, 0.15) is 19.4 Å². The van der Waals surface area contributed by atoms with Crippen molar-refractivity contribution in [1.82, 2.24) is 0 Å². The molecule has 3 nitrogen and oxygen atoms in total. The van der Waals surface area contributed by atoms with Crippen molar-refractivity contribution in [3.63, 3.8) is 0 Å². The smallest absolute Gasteiger partial charge is 0.243 e. The van der Waals surface area contributed by atoms with Gasteiger partial charge in [0.2, 0.25) is 5.91 Å². The van der Waals surface area contributed by atoms with Crippen LogP contribution in [0.2, 0.25) is 0 Å². The molecular formula is C12H18N2O. The summed E-state index contributed by atoms with van der Waals surface area (Å²) in [5.41, 5.74) is 7.69. The third-order valence-corrected chi connectivity index (χ3v) is 2.45. The van der Waals surface area contributed by atoms with Gasteiger partial charge in [0.15, 0.2) is 0 Å². The zero-order valence-corrected chi connectivity index (χ0v) is 9.53. The molecule has 0 spiro atoms. The van der Waals surface area contributed by atoms with E-state index in [1.165, 1.54) is 5.56 Å². The Kier molecular flexibility index (Phi) is 3.86. The van der Waals surface area contributed by atoms with Crippen LogP contribution in [-0.2, 0) is 11.2 Å².